The molecule has 2 aliphatic rings. The molecule has 6 nitrogen and oxygen atoms in total. The van der Waals surface area contributed by atoms with Crippen LogP contribution in [0.15, 0.2) is 48.3 Å². The predicted molar refractivity (Wildman–Crippen MR) is 118 cm³/mol. The van der Waals surface area contributed by atoms with E-state index in [0.29, 0.717) is 12.2 Å². The highest BCUT2D eigenvalue weighted by Crippen LogP contribution is 2.43. The van der Waals surface area contributed by atoms with Crippen LogP contribution in [0.5, 0.6) is 5.75 Å². The number of carbonyl (C=O) groups excluding carboxylic acids is 2. The van der Waals surface area contributed by atoms with E-state index in [1.54, 1.807) is 35.5 Å². The maximum Gasteiger partial charge on any atom is 0.295 e. The summed E-state index contributed by atoms with van der Waals surface area (Å²) in [5.74, 6) is -0.577. The molecule has 0 bridgehead atoms. The standard InChI is InChI=1S/C25H28N2O4/c1-3-31-20-10-9-18(15-16(20)2)23(28)21-22(17-11-13-26-14-12-17)27(25(30)24(21)29)19-7-5-4-6-8-19/h9-15,19,22,28H,3-8H2,1-2H3/b23-21-. The van der Waals surface area contributed by atoms with E-state index in [9.17, 15) is 14.7 Å². The van der Waals surface area contributed by atoms with Gasteiger partial charge in [0.2, 0.25) is 0 Å². The largest absolute Gasteiger partial charge is 0.507 e. The summed E-state index contributed by atoms with van der Waals surface area (Å²) in [6.07, 6.45) is 8.26. The predicted octanol–water partition coefficient (Wildman–Crippen LogP) is 4.54. The zero-order chi connectivity index (χ0) is 22.0. The van der Waals surface area contributed by atoms with Crippen LogP contribution in [0.4, 0.5) is 0 Å². The molecule has 162 valence electrons. The lowest BCUT2D eigenvalue weighted by atomic mass is 9.91. The van der Waals surface area contributed by atoms with Gasteiger partial charge >= 0.3 is 0 Å². The Hall–Kier alpha value is -3.15. The fourth-order valence-electron chi connectivity index (χ4n) is 4.73. The van der Waals surface area contributed by atoms with Crippen LogP contribution in [-0.4, -0.2) is 39.3 Å². The summed E-state index contributed by atoms with van der Waals surface area (Å²) in [4.78, 5) is 32.1. The Bertz CT molecular complexity index is 1010. The molecule has 31 heavy (non-hydrogen) atoms. The van der Waals surface area contributed by atoms with Gasteiger partial charge < -0.3 is 14.7 Å². The van der Waals surface area contributed by atoms with Crippen molar-refractivity contribution >= 4 is 17.4 Å². The van der Waals surface area contributed by atoms with Gasteiger partial charge in [0, 0.05) is 24.0 Å². The normalized spacial score (nSPS) is 21.5. The first-order chi connectivity index (χ1) is 15.0. The van der Waals surface area contributed by atoms with Crippen molar-refractivity contribution in [2.45, 2.75) is 58.0 Å². The van der Waals surface area contributed by atoms with E-state index in [1.807, 2.05) is 26.0 Å². The number of benzene rings is 1. The molecular formula is C25H28N2O4. The van der Waals surface area contributed by atoms with Crippen molar-refractivity contribution in [3.05, 3.63) is 65.0 Å². The molecule has 0 spiro atoms. The highest BCUT2D eigenvalue weighted by molar-refractivity contribution is 6.46. The number of ether oxygens (including phenoxy) is 1. The second kappa shape index (κ2) is 8.92. The Labute approximate surface area is 182 Å². The van der Waals surface area contributed by atoms with Gasteiger partial charge in [-0.3, -0.25) is 14.6 Å². The van der Waals surface area contributed by atoms with Gasteiger partial charge in [0.15, 0.2) is 0 Å². The molecule has 1 saturated carbocycles. The lowest BCUT2D eigenvalue weighted by Gasteiger charge is -2.35. The molecule has 1 N–H and O–H groups in total. The minimum Gasteiger partial charge on any atom is -0.507 e. The number of ketones is 1. The van der Waals surface area contributed by atoms with Gasteiger partial charge in [-0.1, -0.05) is 19.3 Å². The number of aryl methyl sites for hydroxylation is 1. The van der Waals surface area contributed by atoms with E-state index < -0.39 is 17.7 Å². The highest BCUT2D eigenvalue weighted by Gasteiger charge is 2.48. The van der Waals surface area contributed by atoms with Crippen molar-refractivity contribution in [3.8, 4) is 5.75 Å². The third kappa shape index (κ3) is 3.94. The molecule has 1 aromatic heterocycles. The number of pyridine rings is 1. The topological polar surface area (TPSA) is 79.7 Å². The number of carbonyl (C=O) groups is 2. The Balaban J connectivity index is 1.83. The Kier molecular flexibility index (Phi) is 6.07. The second-order valence-corrected chi connectivity index (χ2v) is 8.19. The summed E-state index contributed by atoms with van der Waals surface area (Å²) < 4.78 is 5.59. The number of hydrogen-bond donors (Lipinski definition) is 1. The van der Waals surface area contributed by atoms with Crippen LogP contribution in [0.3, 0.4) is 0 Å². The summed E-state index contributed by atoms with van der Waals surface area (Å²) in [6.45, 7) is 4.35. The molecule has 2 aromatic rings. The maximum atomic E-state index is 13.2. The summed E-state index contributed by atoms with van der Waals surface area (Å²) in [5, 5.41) is 11.2. The first kappa shape index (κ1) is 21.1. The van der Waals surface area contributed by atoms with Crippen LogP contribution in [0.2, 0.25) is 0 Å². The number of amides is 1. The van der Waals surface area contributed by atoms with Crippen molar-refractivity contribution in [1.82, 2.24) is 9.88 Å². The average Bonchev–Trinajstić information content (AvgIpc) is 3.06. The summed E-state index contributed by atoms with van der Waals surface area (Å²) in [5.41, 5.74) is 2.28. The van der Waals surface area contributed by atoms with Crippen LogP contribution < -0.4 is 4.74 Å². The molecule has 2 heterocycles. The van der Waals surface area contributed by atoms with Gasteiger partial charge in [0.1, 0.15) is 11.5 Å². The third-order valence-corrected chi connectivity index (χ3v) is 6.22. The van der Waals surface area contributed by atoms with E-state index in [1.165, 1.54) is 0 Å². The van der Waals surface area contributed by atoms with Gasteiger partial charge in [-0.05, 0) is 68.1 Å². The molecular weight excluding hydrogens is 392 g/mol. The molecule has 6 heteroatoms. The third-order valence-electron chi connectivity index (χ3n) is 6.22. The number of hydrogen-bond acceptors (Lipinski definition) is 5. The number of nitrogens with zero attached hydrogens (tertiary/aromatic N) is 2. The quantitative estimate of drug-likeness (QED) is 0.436. The molecule has 2 fully saturated rings. The molecule has 1 aromatic carbocycles. The van der Waals surface area contributed by atoms with Gasteiger partial charge in [-0.2, -0.15) is 0 Å². The van der Waals surface area contributed by atoms with E-state index in [0.717, 1.165) is 49.0 Å². The van der Waals surface area contributed by atoms with Crippen molar-refractivity contribution in [2.75, 3.05) is 6.61 Å². The SMILES string of the molecule is CCOc1ccc(/C(O)=C2/C(=O)C(=O)N(C3CCCCC3)C2c2ccncc2)cc1C. The number of Topliss-reactive ketones (excluding diaryl/α,β-unsaturated/α-hetero) is 1. The molecule has 1 atom stereocenters. The van der Waals surface area contributed by atoms with Crippen molar-refractivity contribution in [2.24, 2.45) is 0 Å². The first-order valence-electron chi connectivity index (χ1n) is 11.0. The van der Waals surface area contributed by atoms with Gasteiger partial charge in [0.05, 0.1) is 18.2 Å². The smallest absolute Gasteiger partial charge is 0.295 e. The molecule has 1 aliphatic heterocycles. The molecule has 1 aliphatic carbocycles. The average molecular weight is 421 g/mol. The lowest BCUT2D eigenvalue weighted by Crippen LogP contribution is -2.40. The molecule has 1 unspecified atom stereocenters. The van der Waals surface area contributed by atoms with E-state index >= 15 is 0 Å². The van der Waals surface area contributed by atoms with E-state index in [-0.39, 0.29) is 17.4 Å². The Morgan fingerprint density at radius 2 is 1.84 bits per heavy atom. The van der Waals surface area contributed by atoms with Crippen LogP contribution >= 0.6 is 0 Å². The molecule has 4 rings (SSSR count). The number of aromatic nitrogens is 1. The zero-order valence-corrected chi connectivity index (χ0v) is 18.0. The summed E-state index contributed by atoms with van der Waals surface area (Å²) in [6, 6.07) is 8.30. The van der Waals surface area contributed by atoms with Crippen molar-refractivity contribution in [3.63, 3.8) is 0 Å². The first-order valence-corrected chi connectivity index (χ1v) is 11.0. The summed E-state index contributed by atoms with van der Waals surface area (Å²) in [7, 11) is 0. The monoisotopic (exact) mass is 420 g/mol. The van der Waals surface area contributed by atoms with Crippen molar-refractivity contribution < 1.29 is 19.4 Å². The van der Waals surface area contributed by atoms with Crippen LogP contribution in [0.1, 0.15) is 61.8 Å². The van der Waals surface area contributed by atoms with Gasteiger partial charge in [0.25, 0.3) is 11.7 Å². The maximum absolute atomic E-state index is 13.2. The second-order valence-electron chi connectivity index (χ2n) is 8.19. The Morgan fingerprint density at radius 3 is 2.48 bits per heavy atom. The number of aliphatic hydroxyl groups excluding tert-OH is 1. The Morgan fingerprint density at radius 1 is 1.13 bits per heavy atom. The number of likely N-dealkylation sites (tertiary alicyclic amines) is 1. The fourth-order valence-corrected chi connectivity index (χ4v) is 4.73. The molecule has 1 saturated heterocycles. The van der Waals surface area contributed by atoms with Gasteiger partial charge in [-0.25, -0.2) is 0 Å². The van der Waals surface area contributed by atoms with Gasteiger partial charge in [-0.15, -0.1) is 0 Å². The van der Waals surface area contributed by atoms with E-state index in [4.69, 9.17) is 4.74 Å². The molecule has 1 amide bonds. The van der Waals surface area contributed by atoms with Crippen LogP contribution in [0, 0.1) is 6.92 Å². The fraction of sp³-hybridized carbons (Fsp3) is 0.400. The lowest BCUT2D eigenvalue weighted by molar-refractivity contribution is -0.141. The zero-order valence-electron chi connectivity index (χ0n) is 18.0. The summed E-state index contributed by atoms with van der Waals surface area (Å²) >= 11 is 0. The van der Waals surface area contributed by atoms with Crippen LogP contribution in [0.25, 0.3) is 5.76 Å². The number of aliphatic hydroxyl groups is 1. The minimum absolute atomic E-state index is 0.00395. The van der Waals surface area contributed by atoms with E-state index in [2.05, 4.69) is 4.98 Å². The molecule has 0 radical (unpaired) electrons. The minimum atomic E-state index is -0.628. The van der Waals surface area contributed by atoms with Crippen LogP contribution in [-0.2, 0) is 9.59 Å². The highest BCUT2D eigenvalue weighted by atomic mass is 16.5. The number of rotatable bonds is 5. The van der Waals surface area contributed by atoms with Crippen molar-refractivity contribution in [1.29, 1.82) is 0 Å².